The molecular formula is C31H40ClN3O3. The fourth-order valence-electron chi connectivity index (χ4n) is 7.01. The maximum absolute atomic E-state index is 12.9. The Morgan fingerprint density at radius 1 is 0.895 bits per heavy atom. The fourth-order valence-corrected chi connectivity index (χ4v) is 7.13. The topological polar surface area (TPSA) is 54.0 Å². The van der Waals surface area contributed by atoms with Gasteiger partial charge in [0.05, 0.1) is 0 Å². The minimum absolute atomic E-state index is 0.0262. The average molecular weight is 538 g/mol. The van der Waals surface area contributed by atoms with Crippen molar-refractivity contribution in [3.63, 3.8) is 0 Å². The summed E-state index contributed by atoms with van der Waals surface area (Å²) in [7, 11) is 0. The number of piperidine rings is 2. The number of ether oxygens (including phenoxy) is 2. The van der Waals surface area contributed by atoms with E-state index in [1.807, 2.05) is 41.3 Å². The zero-order valence-electron chi connectivity index (χ0n) is 22.2. The quantitative estimate of drug-likeness (QED) is 0.454. The van der Waals surface area contributed by atoms with Crippen molar-refractivity contribution in [3.05, 3.63) is 59.1 Å². The number of halogens is 1. The second-order valence-electron chi connectivity index (χ2n) is 11.6. The summed E-state index contributed by atoms with van der Waals surface area (Å²) in [6, 6.07) is 17.3. The third kappa shape index (κ3) is 6.13. The van der Waals surface area contributed by atoms with Crippen molar-refractivity contribution in [2.24, 2.45) is 5.92 Å². The van der Waals surface area contributed by atoms with Crippen LogP contribution < -0.4 is 10.1 Å². The van der Waals surface area contributed by atoms with Gasteiger partial charge >= 0.3 is 6.03 Å². The Hall–Kier alpha value is -2.28. The molecule has 2 amide bonds. The highest BCUT2D eigenvalue weighted by atomic mass is 35.5. The monoisotopic (exact) mass is 537 g/mol. The highest BCUT2D eigenvalue weighted by Gasteiger charge is 2.42. The number of nitrogens with one attached hydrogen (secondary N) is 1. The van der Waals surface area contributed by atoms with Crippen LogP contribution in [0.5, 0.6) is 5.75 Å². The standard InChI is InChI=1S/C31H40ClN3O3/c32-25-3-1-23(2-4-25)24-11-15-34(16-12-24)31(36)33-26-5-9-29(10-6-26)38-30-19-27-7-8-28(20-30)35(27)21-22-13-17-37-18-14-22/h1-6,9-10,22,24,27-28,30H,7-8,11-21H2,(H,33,36)/t27-,28+,30?. The Kier molecular flexibility index (Phi) is 8.10. The van der Waals surface area contributed by atoms with Crippen molar-refractivity contribution < 1.29 is 14.3 Å². The van der Waals surface area contributed by atoms with Gasteiger partial charge in [-0.2, -0.15) is 0 Å². The SMILES string of the molecule is O=C(Nc1ccc(OC2C[C@H]3CC[C@@H](C2)N3CC2CCOCC2)cc1)N1CCC(c2ccc(Cl)cc2)CC1. The van der Waals surface area contributed by atoms with E-state index in [0.29, 0.717) is 18.0 Å². The number of hydrogen-bond donors (Lipinski definition) is 1. The predicted octanol–water partition coefficient (Wildman–Crippen LogP) is 6.55. The van der Waals surface area contributed by atoms with Gasteiger partial charge in [-0.25, -0.2) is 4.79 Å². The van der Waals surface area contributed by atoms with Crippen LogP contribution >= 0.6 is 11.6 Å². The molecule has 4 aliphatic heterocycles. The van der Waals surface area contributed by atoms with E-state index in [4.69, 9.17) is 21.1 Å². The normalized spacial score (nSPS) is 26.9. The van der Waals surface area contributed by atoms with Crippen molar-refractivity contribution in [1.82, 2.24) is 9.80 Å². The maximum Gasteiger partial charge on any atom is 0.321 e. The van der Waals surface area contributed by atoms with E-state index >= 15 is 0 Å². The molecule has 4 saturated heterocycles. The molecule has 1 N–H and O–H groups in total. The van der Waals surface area contributed by atoms with Gasteiger partial charge < -0.3 is 19.7 Å². The fraction of sp³-hybridized carbons (Fsp3) is 0.581. The lowest BCUT2D eigenvalue weighted by Crippen LogP contribution is -2.48. The summed E-state index contributed by atoms with van der Waals surface area (Å²) >= 11 is 6.03. The van der Waals surface area contributed by atoms with Gasteiger partial charge in [-0.1, -0.05) is 23.7 Å². The Morgan fingerprint density at radius 3 is 2.21 bits per heavy atom. The van der Waals surface area contributed by atoms with E-state index in [0.717, 1.165) is 74.4 Å². The number of anilines is 1. The van der Waals surface area contributed by atoms with Crippen molar-refractivity contribution in [2.75, 3.05) is 38.2 Å². The first-order valence-corrected chi connectivity index (χ1v) is 14.9. The molecule has 2 aromatic carbocycles. The molecule has 0 saturated carbocycles. The Bertz CT molecular complexity index is 1050. The number of carbonyl (C=O) groups excluding carboxylic acids is 1. The van der Waals surface area contributed by atoms with E-state index in [-0.39, 0.29) is 12.1 Å². The second kappa shape index (κ2) is 11.8. The Balaban J connectivity index is 0.958. The first kappa shape index (κ1) is 26.0. The molecule has 204 valence electrons. The van der Waals surface area contributed by atoms with Crippen molar-refractivity contribution in [1.29, 1.82) is 0 Å². The molecule has 2 aromatic rings. The number of nitrogens with zero attached hydrogens (tertiary/aromatic N) is 2. The molecule has 3 atom stereocenters. The number of amides is 2. The lowest BCUT2D eigenvalue weighted by Gasteiger charge is -2.41. The first-order chi connectivity index (χ1) is 18.6. The lowest BCUT2D eigenvalue weighted by molar-refractivity contribution is 0.0120. The molecule has 2 bridgehead atoms. The lowest BCUT2D eigenvalue weighted by atomic mass is 9.89. The zero-order chi connectivity index (χ0) is 25.9. The predicted molar refractivity (Wildman–Crippen MR) is 151 cm³/mol. The number of rotatable bonds is 6. The summed E-state index contributed by atoms with van der Waals surface area (Å²) in [6.45, 7) is 4.61. The molecular weight excluding hydrogens is 498 g/mol. The van der Waals surface area contributed by atoms with E-state index in [1.165, 1.54) is 37.8 Å². The smallest absolute Gasteiger partial charge is 0.321 e. The van der Waals surface area contributed by atoms with E-state index < -0.39 is 0 Å². The van der Waals surface area contributed by atoms with E-state index in [1.54, 1.807) is 0 Å². The molecule has 38 heavy (non-hydrogen) atoms. The molecule has 7 heteroatoms. The summed E-state index contributed by atoms with van der Waals surface area (Å²) in [4.78, 5) is 17.6. The number of fused-ring (bicyclic) bond motifs is 2. The Morgan fingerprint density at radius 2 is 1.55 bits per heavy atom. The van der Waals surface area contributed by atoms with Crippen molar-refractivity contribution in [3.8, 4) is 5.75 Å². The molecule has 0 radical (unpaired) electrons. The molecule has 4 aliphatic rings. The maximum atomic E-state index is 12.9. The molecule has 0 aromatic heterocycles. The van der Waals surface area contributed by atoms with Crippen LogP contribution in [-0.2, 0) is 4.74 Å². The van der Waals surface area contributed by atoms with Gasteiger partial charge in [-0.15, -0.1) is 0 Å². The van der Waals surface area contributed by atoms with E-state index in [9.17, 15) is 4.79 Å². The van der Waals surface area contributed by atoms with Gasteiger partial charge in [0.2, 0.25) is 0 Å². The van der Waals surface area contributed by atoms with Crippen LogP contribution in [0.4, 0.5) is 10.5 Å². The molecule has 1 unspecified atom stereocenters. The minimum Gasteiger partial charge on any atom is -0.490 e. The third-order valence-electron chi connectivity index (χ3n) is 9.18. The van der Waals surface area contributed by atoms with Crippen molar-refractivity contribution >= 4 is 23.3 Å². The summed E-state index contributed by atoms with van der Waals surface area (Å²) in [5, 5.41) is 3.84. The first-order valence-electron chi connectivity index (χ1n) is 14.5. The number of likely N-dealkylation sites (tertiary alicyclic amines) is 1. The highest BCUT2D eigenvalue weighted by molar-refractivity contribution is 6.30. The Labute approximate surface area is 231 Å². The summed E-state index contributed by atoms with van der Waals surface area (Å²) < 4.78 is 12.0. The summed E-state index contributed by atoms with van der Waals surface area (Å²) in [5.74, 6) is 2.17. The van der Waals surface area contributed by atoms with Crippen LogP contribution in [0.15, 0.2) is 48.5 Å². The molecule has 0 spiro atoms. The number of urea groups is 1. The molecule has 4 fully saturated rings. The molecule has 6 rings (SSSR count). The van der Waals surface area contributed by atoms with Crippen molar-refractivity contribution in [2.45, 2.75) is 75.5 Å². The minimum atomic E-state index is -0.0262. The molecule has 6 nitrogen and oxygen atoms in total. The van der Waals surface area contributed by atoms with Gasteiger partial charge in [0.25, 0.3) is 0 Å². The van der Waals surface area contributed by atoms with Crippen LogP contribution in [0.25, 0.3) is 0 Å². The molecule has 4 heterocycles. The second-order valence-corrected chi connectivity index (χ2v) is 12.1. The van der Waals surface area contributed by atoms with Gasteiger partial charge in [0.1, 0.15) is 11.9 Å². The average Bonchev–Trinajstić information content (AvgIpc) is 3.17. The highest BCUT2D eigenvalue weighted by Crippen LogP contribution is 2.38. The summed E-state index contributed by atoms with van der Waals surface area (Å²) in [5.41, 5.74) is 2.12. The van der Waals surface area contributed by atoms with E-state index in [2.05, 4.69) is 22.3 Å². The van der Waals surface area contributed by atoms with Crippen LogP contribution in [0.2, 0.25) is 5.02 Å². The van der Waals surface area contributed by atoms with Crippen LogP contribution in [0.3, 0.4) is 0 Å². The summed E-state index contributed by atoms with van der Waals surface area (Å²) in [6.07, 6.45) is 9.47. The van der Waals surface area contributed by atoms with Gasteiger partial charge in [-0.3, -0.25) is 4.90 Å². The van der Waals surface area contributed by atoms with Gasteiger partial charge in [0.15, 0.2) is 0 Å². The molecule has 0 aliphatic carbocycles. The van der Waals surface area contributed by atoms with Crippen LogP contribution in [0.1, 0.15) is 62.8 Å². The number of carbonyl (C=O) groups is 1. The van der Waals surface area contributed by atoms with Gasteiger partial charge in [-0.05, 0) is 105 Å². The third-order valence-corrected chi connectivity index (χ3v) is 9.43. The number of benzene rings is 2. The van der Waals surface area contributed by atoms with Gasteiger partial charge in [0, 0.05) is 55.6 Å². The van der Waals surface area contributed by atoms with Crippen LogP contribution in [-0.4, -0.2) is 66.9 Å². The number of hydrogen-bond acceptors (Lipinski definition) is 4. The van der Waals surface area contributed by atoms with Crippen LogP contribution in [0, 0.1) is 5.92 Å². The zero-order valence-corrected chi connectivity index (χ0v) is 23.0. The largest absolute Gasteiger partial charge is 0.490 e.